The van der Waals surface area contributed by atoms with Gasteiger partial charge >= 0.3 is 0 Å². The molecule has 3 fully saturated rings. The van der Waals surface area contributed by atoms with Gasteiger partial charge < -0.3 is 118 Å². The maximum atomic E-state index is 15.7. The highest BCUT2D eigenvalue weighted by Crippen LogP contribution is 2.28. The van der Waals surface area contributed by atoms with E-state index >= 15 is 24.0 Å². The zero-order valence-electron chi connectivity index (χ0n) is 77.6. The highest BCUT2D eigenvalue weighted by atomic mass is 33.1. The Hall–Kier alpha value is -11.2. The summed E-state index contributed by atoms with van der Waals surface area (Å²) in [6, 6.07) is 4.55. The van der Waals surface area contributed by atoms with Gasteiger partial charge in [0, 0.05) is 70.4 Å². The molecule has 25 N–H and O–H groups in total. The second kappa shape index (κ2) is 58.0. The Balaban J connectivity index is 1.32. The fraction of sp³-hybridized carbons (Fsp3) is 0.626. The van der Waals surface area contributed by atoms with E-state index in [1.807, 2.05) is 67.6 Å². The molecule has 0 bridgehead atoms. The van der Waals surface area contributed by atoms with Gasteiger partial charge in [-0.05, 0) is 176 Å². The van der Waals surface area contributed by atoms with Crippen molar-refractivity contribution in [2.45, 2.75) is 287 Å². The Bertz CT molecular complexity index is 4420. The first-order valence-corrected chi connectivity index (χ1v) is 48.9. The van der Waals surface area contributed by atoms with E-state index < -0.39 is 192 Å². The highest BCUT2D eigenvalue weighted by Gasteiger charge is 2.45. The highest BCUT2D eigenvalue weighted by molar-refractivity contribution is 8.76. The van der Waals surface area contributed by atoms with E-state index in [2.05, 4.69) is 69.1 Å². The molecule has 133 heavy (non-hydrogen) atoms. The van der Waals surface area contributed by atoms with Crippen LogP contribution in [0.2, 0.25) is 0 Å². The van der Waals surface area contributed by atoms with Gasteiger partial charge in [0.15, 0.2) is 5.96 Å². The van der Waals surface area contributed by atoms with Gasteiger partial charge in [0.2, 0.25) is 100 Å². The molecule has 42 heteroatoms. The number of likely N-dealkylation sites (tertiary alicyclic amines) is 3. The smallest absolute Gasteiger partial charge is 0.246 e. The van der Waals surface area contributed by atoms with Crippen molar-refractivity contribution in [2.24, 2.45) is 40.5 Å². The van der Waals surface area contributed by atoms with Crippen LogP contribution in [0, 0.1) is 17.2 Å². The van der Waals surface area contributed by atoms with Crippen LogP contribution >= 0.6 is 21.6 Å². The summed E-state index contributed by atoms with van der Waals surface area (Å²) in [6.07, 6.45) is 5.46. The molecule has 3 aromatic rings. The van der Waals surface area contributed by atoms with Gasteiger partial charge in [-0.2, -0.15) is 0 Å². The SMILES string of the molecule is CCCCC(NC(=O)C(CCCCN)NC(=O)C(CCCNC(=N)N)NC(=O)C(CC(C)C)NC(=O)C(CCSSCC(NC(=O)CCc1ccccc1)C(=O)NC(CCCCN)C(=O)NCCCCC(=O)N1CCCC1C(N)=O)NC(=O)C(Cc1cccc2ccccc12)NC(=O)C1CCCN1C(=O)C(NC(C)=O)C(C)C)C(=O)N1CCC1C(=O)NC(C)C(=O)NC(CO)C(N)=O. The molecule has 0 aromatic heterocycles. The van der Waals surface area contributed by atoms with Crippen molar-refractivity contribution in [3.8, 4) is 0 Å². The van der Waals surface area contributed by atoms with Crippen molar-refractivity contribution < 1.29 is 86.6 Å². The molecule has 0 spiro atoms. The standard InChI is InChI=1S/C91H142N22O18S2/c1-8-9-31-66(89(130)113-48-40-73(113)87(128)100-56(6)79(120)110-69(52-114)77(94)118)107-82(123)63(33-16-19-43-93)104-81(122)64(34-22-45-99-91(96)97)105-84(125)67(50-54(2)3)108-83(124)65(106-85(126)68(51-60-29-21-28-59-27-13-14-30-61(59)60)109-88(129)72-36-24-47-112(72)90(131)76(55(4)5)101-57(7)115)41-49-132-133-53-70(102-74(116)39-38-58-25-11-10-12-26-58)86(127)103-62(32-15-18-42-92)80(121)98-44-20-17-37-75(117)111-46-23-35-71(111)78(95)119/h10-14,21,25-30,54-56,62-73,76,114H,8-9,15-20,22-24,31-53,92-93H2,1-7H3,(H2,94,118)(H2,95,119)(H,98,121)(H,100,128)(H,101,115)(H,102,116)(H,103,127)(H,104,122)(H,105,125)(H,106,126)(H,107,123)(H,108,124)(H,109,129)(H,110,120)(H4,96,97,99). The minimum atomic E-state index is -1.56. The quantitative estimate of drug-likeness (QED) is 0.0145. The molecule has 3 saturated heterocycles. The lowest BCUT2D eigenvalue weighted by atomic mass is 9.97. The van der Waals surface area contributed by atoms with Crippen LogP contribution in [-0.4, -0.2) is 275 Å². The summed E-state index contributed by atoms with van der Waals surface area (Å²) < 4.78 is 0. The molecule has 0 radical (unpaired) electrons. The third-order valence-corrected chi connectivity index (χ3v) is 25.9. The number of fused-ring (bicyclic) bond motifs is 1. The number of guanidine groups is 1. The monoisotopic (exact) mass is 1900 g/mol. The zero-order valence-corrected chi connectivity index (χ0v) is 79.3. The Morgan fingerprint density at radius 2 is 1.00 bits per heavy atom. The van der Waals surface area contributed by atoms with E-state index in [0.29, 0.717) is 89.3 Å². The van der Waals surface area contributed by atoms with E-state index in [9.17, 15) is 62.6 Å². The van der Waals surface area contributed by atoms with E-state index in [4.69, 9.17) is 34.1 Å². The lowest BCUT2D eigenvalue weighted by molar-refractivity contribution is -0.150. The Labute approximate surface area is 786 Å². The summed E-state index contributed by atoms with van der Waals surface area (Å²) in [7, 11) is 2.27. The van der Waals surface area contributed by atoms with Crippen molar-refractivity contribution >= 4 is 139 Å². The molecule has 0 saturated carbocycles. The summed E-state index contributed by atoms with van der Waals surface area (Å²) in [6.45, 7) is 12.1. The number of nitrogens with one attached hydrogen (secondary N) is 14. The van der Waals surface area contributed by atoms with Gasteiger partial charge in [0.25, 0.3) is 0 Å². The Morgan fingerprint density at radius 1 is 0.474 bits per heavy atom. The maximum Gasteiger partial charge on any atom is 0.246 e. The molecule has 17 amide bonds. The normalized spacial score (nSPS) is 17.1. The number of carbonyl (C=O) groups is 17. The lowest BCUT2D eigenvalue weighted by Crippen LogP contribution is -2.65. The largest absolute Gasteiger partial charge is 0.394 e. The third-order valence-electron chi connectivity index (χ3n) is 23.4. The topological polar surface area (TPSA) is 630 Å². The van der Waals surface area contributed by atoms with E-state index in [1.54, 1.807) is 39.8 Å². The van der Waals surface area contributed by atoms with Gasteiger partial charge in [-0.15, -0.1) is 0 Å². The number of aliphatic hydroxyl groups is 1. The fourth-order valence-corrected chi connectivity index (χ4v) is 18.2. The molecule has 14 unspecified atom stereocenters. The molecular formula is C91H142N22O18S2. The first kappa shape index (κ1) is 111. The lowest BCUT2D eigenvalue weighted by Gasteiger charge is -2.42. The summed E-state index contributed by atoms with van der Waals surface area (Å²) in [4.78, 5) is 243. The van der Waals surface area contributed by atoms with E-state index in [0.717, 1.165) is 37.9 Å². The number of benzene rings is 3. The molecule has 3 heterocycles. The number of nitrogens with zero attached hydrogens (tertiary/aromatic N) is 3. The molecule has 3 aliphatic heterocycles. The second-order valence-corrected chi connectivity index (χ2v) is 37.4. The average Bonchev–Trinajstić information content (AvgIpc) is 0.994. The van der Waals surface area contributed by atoms with Crippen molar-refractivity contribution in [3.63, 3.8) is 0 Å². The van der Waals surface area contributed by atoms with Crippen molar-refractivity contribution in [3.05, 3.63) is 83.9 Å². The summed E-state index contributed by atoms with van der Waals surface area (Å²) >= 11 is 0. The molecular weight excluding hydrogens is 1750 g/mol. The Morgan fingerprint density at radius 3 is 1.59 bits per heavy atom. The summed E-state index contributed by atoms with van der Waals surface area (Å²) in [5, 5.41) is 54.8. The van der Waals surface area contributed by atoms with Crippen LogP contribution in [0.3, 0.4) is 0 Å². The summed E-state index contributed by atoms with van der Waals surface area (Å²) in [5.74, 6) is -12.9. The Kier molecular flexibility index (Phi) is 48.2. The summed E-state index contributed by atoms with van der Waals surface area (Å²) in [5.41, 5.74) is 29.8. The van der Waals surface area contributed by atoms with E-state index in [-0.39, 0.29) is 145 Å². The minimum absolute atomic E-state index is 0.000647. The van der Waals surface area contributed by atoms with Crippen molar-refractivity contribution in [2.75, 3.05) is 63.9 Å². The maximum absolute atomic E-state index is 15.7. The number of nitrogens with two attached hydrogens (primary N) is 5. The first-order chi connectivity index (χ1) is 63.5. The molecule has 736 valence electrons. The van der Waals surface area contributed by atoms with Crippen LogP contribution in [0.4, 0.5) is 0 Å². The first-order valence-electron chi connectivity index (χ1n) is 46.4. The van der Waals surface area contributed by atoms with Crippen LogP contribution in [0.5, 0.6) is 0 Å². The molecule has 40 nitrogen and oxygen atoms in total. The van der Waals surface area contributed by atoms with Crippen LogP contribution in [0.15, 0.2) is 72.8 Å². The van der Waals surface area contributed by atoms with Crippen molar-refractivity contribution in [1.29, 1.82) is 5.41 Å². The minimum Gasteiger partial charge on any atom is -0.394 e. The second-order valence-electron chi connectivity index (χ2n) is 34.8. The third kappa shape index (κ3) is 36.9. The number of hydrogen-bond donors (Lipinski definition) is 20. The number of aryl methyl sites for hydroxylation is 1. The molecule has 14 atom stereocenters. The average molecular weight is 1900 g/mol. The molecule has 0 aliphatic carbocycles. The number of aliphatic hydroxyl groups excluding tert-OH is 1. The van der Waals surface area contributed by atoms with Gasteiger partial charge in [0.1, 0.15) is 84.6 Å². The van der Waals surface area contributed by atoms with Crippen LogP contribution in [0.25, 0.3) is 10.8 Å². The molecule has 3 aliphatic rings. The molecule has 3 aromatic carbocycles. The molecule has 6 rings (SSSR count). The number of rotatable bonds is 60. The number of hydrogen-bond acceptors (Lipinski definition) is 23. The van der Waals surface area contributed by atoms with Crippen LogP contribution < -0.4 is 97.8 Å². The van der Waals surface area contributed by atoms with E-state index in [1.165, 1.54) is 28.5 Å². The number of amides is 17. The fourth-order valence-electron chi connectivity index (χ4n) is 15.9. The predicted octanol–water partition coefficient (Wildman–Crippen LogP) is -0.595. The zero-order chi connectivity index (χ0) is 97.8. The van der Waals surface area contributed by atoms with Crippen LogP contribution in [-0.2, 0) is 94.3 Å². The van der Waals surface area contributed by atoms with Gasteiger partial charge in [-0.1, -0.05) is 142 Å². The van der Waals surface area contributed by atoms with Crippen LogP contribution in [0.1, 0.15) is 201 Å². The van der Waals surface area contributed by atoms with Gasteiger partial charge in [0.05, 0.1) is 6.61 Å². The van der Waals surface area contributed by atoms with Gasteiger partial charge in [-0.25, -0.2) is 0 Å². The number of carbonyl (C=O) groups excluding carboxylic acids is 17. The number of unbranched alkanes of at least 4 members (excludes halogenated alkanes) is 4. The predicted molar refractivity (Wildman–Crippen MR) is 505 cm³/mol. The van der Waals surface area contributed by atoms with Gasteiger partial charge in [-0.3, -0.25) is 86.9 Å². The van der Waals surface area contributed by atoms with Crippen molar-refractivity contribution in [1.82, 2.24) is 83.8 Å². The number of primary amides is 2.